The van der Waals surface area contributed by atoms with Gasteiger partial charge < -0.3 is 25.3 Å². The number of hydrogen-bond donors (Lipinski definition) is 4. The second-order valence-electron chi connectivity index (χ2n) is 6.98. The molecule has 2 atom stereocenters. The monoisotopic (exact) mass is 348 g/mol. The van der Waals surface area contributed by atoms with E-state index in [0.29, 0.717) is 0 Å². The van der Waals surface area contributed by atoms with Gasteiger partial charge in [0.15, 0.2) is 0 Å². The van der Waals surface area contributed by atoms with Crippen LogP contribution < -0.4 is 5.32 Å². The molecule has 0 spiro atoms. The second kappa shape index (κ2) is 7.57. The van der Waals surface area contributed by atoms with Crippen molar-refractivity contribution in [2.75, 3.05) is 0 Å². The van der Waals surface area contributed by atoms with Gasteiger partial charge in [0.25, 0.3) is 0 Å². The zero-order valence-electron chi connectivity index (χ0n) is 14.6. The van der Waals surface area contributed by atoms with Crippen molar-refractivity contribution in [1.29, 1.82) is 0 Å². The van der Waals surface area contributed by atoms with E-state index in [4.69, 9.17) is 9.84 Å². The lowest BCUT2D eigenvalue weighted by Crippen LogP contribution is -2.47. The number of carbonyl (C=O) groups is 2. The molecule has 7 heteroatoms. The van der Waals surface area contributed by atoms with Crippen LogP contribution in [0.25, 0.3) is 10.9 Å². The molecule has 25 heavy (non-hydrogen) atoms. The number of H-pyrrole nitrogens is 1. The first kappa shape index (κ1) is 18.8. The fraction of sp³-hybridized carbons (Fsp3) is 0.444. The number of aliphatic hydroxyl groups excluding tert-OH is 1. The Morgan fingerprint density at radius 2 is 1.96 bits per heavy atom. The van der Waals surface area contributed by atoms with Gasteiger partial charge in [-0.25, -0.2) is 4.79 Å². The van der Waals surface area contributed by atoms with Crippen LogP contribution in [0, 0.1) is 0 Å². The molecule has 1 unspecified atom stereocenters. The molecular weight excluding hydrogens is 324 g/mol. The van der Waals surface area contributed by atoms with Crippen molar-refractivity contribution < 1.29 is 24.5 Å². The number of aliphatic carboxylic acids is 1. The van der Waals surface area contributed by atoms with E-state index < -0.39 is 36.2 Å². The van der Waals surface area contributed by atoms with Gasteiger partial charge in [0, 0.05) is 17.1 Å². The highest BCUT2D eigenvalue weighted by atomic mass is 16.6. The predicted octanol–water partition coefficient (Wildman–Crippen LogP) is 2.44. The minimum Gasteiger partial charge on any atom is -0.481 e. The average molecular weight is 348 g/mol. The second-order valence-corrected chi connectivity index (χ2v) is 6.98. The molecule has 2 rings (SSSR count). The number of carbonyl (C=O) groups excluding carboxylic acids is 1. The number of aromatic amines is 1. The number of para-hydroxylation sites is 1. The van der Waals surface area contributed by atoms with Crippen LogP contribution in [0.1, 0.15) is 32.8 Å². The molecule has 4 N–H and O–H groups in total. The smallest absolute Gasteiger partial charge is 0.407 e. The van der Waals surface area contributed by atoms with Crippen LogP contribution in [-0.4, -0.2) is 45.0 Å². The van der Waals surface area contributed by atoms with Gasteiger partial charge in [0.2, 0.25) is 0 Å². The molecule has 1 amide bonds. The topological polar surface area (TPSA) is 112 Å². The lowest BCUT2D eigenvalue weighted by Gasteiger charge is -2.26. The summed E-state index contributed by atoms with van der Waals surface area (Å²) in [6, 6.07) is 6.85. The molecular formula is C18H24N2O5. The predicted molar refractivity (Wildman–Crippen MR) is 93.4 cm³/mol. The number of ether oxygens (including phenoxy) is 1. The Bertz CT molecular complexity index is 747. The molecule has 0 aliphatic rings. The minimum atomic E-state index is -1.24. The Morgan fingerprint density at radius 1 is 1.28 bits per heavy atom. The van der Waals surface area contributed by atoms with Gasteiger partial charge in [-0.2, -0.15) is 0 Å². The van der Waals surface area contributed by atoms with E-state index in [-0.39, 0.29) is 6.42 Å². The van der Waals surface area contributed by atoms with Crippen LogP contribution in [0.4, 0.5) is 4.79 Å². The third kappa shape index (κ3) is 5.49. The SMILES string of the molecule is CC(C)(C)OC(=O)N[C@@H](Cc1c[nH]c2ccccc12)C(O)CC(=O)O. The Labute approximate surface area is 146 Å². The number of rotatable bonds is 6. The normalized spacial score (nSPS) is 14.1. The first-order chi connectivity index (χ1) is 11.7. The molecule has 1 aromatic heterocycles. The molecule has 0 saturated heterocycles. The zero-order chi connectivity index (χ0) is 18.6. The van der Waals surface area contributed by atoms with E-state index >= 15 is 0 Å². The molecule has 0 fully saturated rings. The highest BCUT2D eigenvalue weighted by molar-refractivity contribution is 5.83. The molecule has 2 aromatic rings. The maximum absolute atomic E-state index is 12.1. The fourth-order valence-electron chi connectivity index (χ4n) is 2.60. The quantitative estimate of drug-likeness (QED) is 0.641. The van der Waals surface area contributed by atoms with Crippen LogP contribution in [0.2, 0.25) is 0 Å². The molecule has 0 radical (unpaired) electrons. The molecule has 0 aliphatic heterocycles. The van der Waals surface area contributed by atoms with Gasteiger partial charge in [-0.3, -0.25) is 4.79 Å². The van der Waals surface area contributed by atoms with Crippen LogP contribution in [-0.2, 0) is 16.0 Å². The molecule has 136 valence electrons. The molecule has 0 aliphatic carbocycles. The maximum atomic E-state index is 12.1. The van der Waals surface area contributed by atoms with Crippen molar-refractivity contribution in [1.82, 2.24) is 10.3 Å². The first-order valence-electron chi connectivity index (χ1n) is 8.10. The summed E-state index contributed by atoms with van der Waals surface area (Å²) < 4.78 is 5.21. The molecule has 1 aromatic carbocycles. The molecule has 0 bridgehead atoms. The average Bonchev–Trinajstić information content (AvgIpc) is 2.87. The van der Waals surface area contributed by atoms with Crippen molar-refractivity contribution in [2.24, 2.45) is 0 Å². The third-order valence-corrected chi connectivity index (χ3v) is 3.67. The molecule has 0 saturated carbocycles. The van der Waals surface area contributed by atoms with E-state index in [1.165, 1.54) is 0 Å². The standard InChI is InChI=1S/C18H24N2O5/c1-18(2,3)25-17(24)20-14(15(21)9-16(22)23)8-11-10-19-13-7-5-4-6-12(11)13/h4-7,10,14-15,19,21H,8-9H2,1-3H3,(H,20,24)(H,22,23)/t14-,15?/m0/s1. The lowest BCUT2D eigenvalue weighted by atomic mass is 9.99. The number of amides is 1. The summed E-state index contributed by atoms with van der Waals surface area (Å²) in [5.41, 5.74) is 1.12. The van der Waals surface area contributed by atoms with Crippen molar-refractivity contribution in [3.8, 4) is 0 Å². The number of carboxylic acid groups (broad SMARTS) is 1. The summed E-state index contributed by atoms with van der Waals surface area (Å²) in [6.07, 6.45) is -0.330. The van der Waals surface area contributed by atoms with Crippen molar-refractivity contribution >= 4 is 23.0 Å². The van der Waals surface area contributed by atoms with E-state index in [2.05, 4.69) is 10.3 Å². The Hall–Kier alpha value is -2.54. The summed E-state index contributed by atoms with van der Waals surface area (Å²) >= 11 is 0. The lowest BCUT2D eigenvalue weighted by molar-refractivity contribution is -0.139. The summed E-state index contributed by atoms with van der Waals surface area (Å²) in [5.74, 6) is -1.14. The number of fused-ring (bicyclic) bond motifs is 1. The minimum absolute atomic E-state index is 0.275. The fourth-order valence-corrected chi connectivity index (χ4v) is 2.60. The third-order valence-electron chi connectivity index (χ3n) is 3.67. The van der Waals surface area contributed by atoms with Crippen LogP contribution in [0.3, 0.4) is 0 Å². The Morgan fingerprint density at radius 3 is 2.60 bits per heavy atom. The van der Waals surface area contributed by atoms with Crippen LogP contribution in [0.15, 0.2) is 30.5 Å². The van der Waals surface area contributed by atoms with E-state index in [1.54, 1.807) is 27.0 Å². The first-order valence-corrected chi connectivity index (χ1v) is 8.10. The van der Waals surface area contributed by atoms with Crippen LogP contribution in [0.5, 0.6) is 0 Å². The maximum Gasteiger partial charge on any atom is 0.407 e. The van der Waals surface area contributed by atoms with Crippen LogP contribution >= 0.6 is 0 Å². The van der Waals surface area contributed by atoms with Crippen molar-refractivity contribution in [2.45, 2.75) is 51.4 Å². The molecule has 1 heterocycles. The number of carboxylic acids is 1. The number of aliphatic hydroxyl groups is 1. The van der Waals surface area contributed by atoms with Gasteiger partial charge >= 0.3 is 12.1 Å². The number of alkyl carbamates (subject to hydrolysis) is 1. The highest BCUT2D eigenvalue weighted by Crippen LogP contribution is 2.20. The summed E-state index contributed by atoms with van der Waals surface area (Å²) in [4.78, 5) is 26.1. The Balaban J connectivity index is 2.19. The van der Waals surface area contributed by atoms with Gasteiger partial charge in [-0.05, 0) is 38.8 Å². The number of benzene rings is 1. The number of nitrogens with one attached hydrogen (secondary N) is 2. The highest BCUT2D eigenvalue weighted by Gasteiger charge is 2.27. The van der Waals surface area contributed by atoms with Crippen molar-refractivity contribution in [3.05, 3.63) is 36.0 Å². The summed E-state index contributed by atoms with van der Waals surface area (Å²) in [6.45, 7) is 5.19. The Kier molecular flexibility index (Phi) is 5.69. The number of aromatic nitrogens is 1. The van der Waals surface area contributed by atoms with E-state index in [1.807, 2.05) is 24.3 Å². The summed E-state index contributed by atoms with van der Waals surface area (Å²) in [7, 11) is 0. The zero-order valence-corrected chi connectivity index (χ0v) is 14.6. The molecule has 7 nitrogen and oxygen atoms in total. The van der Waals surface area contributed by atoms with Gasteiger partial charge in [0.1, 0.15) is 5.60 Å². The van der Waals surface area contributed by atoms with Gasteiger partial charge in [-0.15, -0.1) is 0 Å². The van der Waals surface area contributed by atoms with E-state index in [0.717, 1.165) is 16.5 Å². The van der Waals surface area contributed by atoms with Gasteiger partial charge in [-0.1, -0.05) is 18.2 Å². The van der Waals surface area contributed by atoms with E-state index in [9.17, 15) is 14.7 Å². The van der Waals surface area contributed by atoms with Crippen molar-refractivity contribution in [3.63, 3.8) is 0 Å². The van der Waals surface area contributed by atoms with Gasteiger partial charge in [0.05, 0.1) is 18.6 Å². The largest absolute Gasteiger partial charge is 0.481 e. The summed E-state index contributed by atoms with van der Waals surface area (Å²) in [5, 5.41) is 22.7. The number of hydrogen-bond acceptors (Lipinski definition) is 4.